The number of rotatable bonds is 1. The number of ether oxygens (including phenoxy) is 1. The molecule has 2 rings (SSSR count). The molecule has 0 saturated heterocycles. The van der Waals surface area contributed by atoms with E-state index in [0.717, 1.165) is 25.7 Å². The summed E-state index contributed by atoms with van der Waals surface area (Å²) in [5.41, 5.74) is 0.000440. The number of carbonyl (C=O) groups is 1. The van der Waals surface area contributed by atoms with Gasteiger partial charge in [0.05, 0.1) is 5.57 Å². The zero-order valence-corrected chi connectivity index (χ0v) is 9.38. The molecule has 1 fully saturated rings. The van der Waals surface area contributed by atoms with Crippen LogP contribution in [-0.2, 0) is 9.53 Å². The number of hydrogen-bond acceptors (Lipinski definition) is 3. The van der Waals surface area contributed by atoms with Gasteiger partial charge in [0.25, 0.3) is 0 Å². The summed E-state index contributed by atoms with van der Waals surface area (Å²) in [6, 6.07) is 0. The Labute approximate surface area is 90.1 Å². The lowest BCUT2D eigenvalue weighted by Gasteiger charge is -2.36. The van der Waals surface area contributed by atoms with E-state index in [2.05, 4.69) is 0 Å². The molecule has 1 heterocycles. The van der Waals surface area contributed by atoms with Gasteiger partial charge in [0.2, 0.25) is 0 Å². The fourth-order valence-corrected chi connectivity index (χ4v) is 2.84. The predicted octanol–water partition coefficient (Wildman–Crippen LogP) is 1.94. The molecule has 0 aromatic heterocycles. The minimum Gasteiger partial charge on any atom is -0.488 e. The van der Waals surface area contributed by atoms with Crippen LogP contribution in [0, 0.1) is 0 Å². The number of hydrogen-bond donors (Lipinski definition) is 1. The molecule has 1 aliphatic heterocycles. The van der Waals surface area contributed by atoms with E-state index in [4.69, 9.17) is 4.74 Å². The van der Waals surface area contributed by atoms with Crippen LogP contribution < -0.4 is 0 Å². The van der Waals surface area contributed by atoms with E-state index in [9.17, 15) is 9.90 Å². The minimum absolute atomic E-state index is 0.0672. The molecule has 3 nitrogen and oxygen atoms in total. The molecule has 0 aromatic carbocycles. The van der Waals surface area contributed by atoms with E-state index in [1.807, 2.05) is 0 Å². The Hall–Kier alpha value is -0.830. The highest BCUT2D eigenvalue weighted by atomic mass is 16.5. The number of aliphatic hydroxyl groups is 1. The van der Waals surface area contributed by atoms with Crippen LogP contribution in [0.15, 0.2) is 11.3 Å². The monoisotopic (exact) mass is 210 g/mol. The van der Waals surface area contributed by atoms with Crippen LogP contribution in [0.4, 0.5) is 0 Å². The standard InChI is InChI=1S/C12H18O3/c1-8(13)10-9(2)15-12(11(10)14)6-4-3-5-7-12/h11,14H,3-7H2,1-2H3. The Balaban J connectivity index is 2.25. The van der Waals surface area contributed by atoms with Crippen molar-refractivity contribution < 1.29 is 14.6 Å². The molecule has 0 bridgehead atoms. The van der Waals surface area contributed by atoms with Crippen molar-refractivity contribution in [2.45, 2.75) is 57.7 Å². The maximum absolute atomic E-state index is 11.4. The lowest BCUT2D eigenvalue weighted by Crippen LogP contribution is -2.43. The molecule has 0 radical (unpaired) electrons. The van der Waals surface area contributed by atoms with Crippen LogP contribution in [-0.4, -0.2) is 22.6 Å². The summed E-state index contributed by atoms with van der Waals surface area (Å²) in [4.78, 5) is 11.4. The van der Waals surface area contributed by atoms with Gasteiger partial charge >= 0.3 is 0 Å². The fourth-order valence-electron chi connectivity index (χ4n) is 2.84. The highest BCUT2D eigenvalue weighted by molar-refractivity contribution is 5.95. The lowest BCUT2D eigenvalue weighted by molar-refractivity contribution is -0.116. The Morgan fingerprint density at radius 2 is 2.00 bits per heavy atom. The third-order valence-electron chi connectivity index (χ3n) is 3.59. The number of carbonyl (C=O) groups excluding carboxylic acids is 1. The number of ketones is 1. The van der Waals surface area contributed by atoms with Crippen molar-refractivity contribution in [3.63, 3.8) is 0 Å². The van der Waals surface area contributed by atoms with E-state index >= 15 is 0 Å². The Morgan fingerprint density at radius 3 is 2.47 bits per heavy atom. The summed E-state index contributed by atoms with van der Waals surface area (Å²) >= 11 is 0. The van der Waals surface area contributed by atoms with Gasteiger partial charge in [0.1, 0.15) is 17.5 Å². The van der Waals surface area contributed by atoms with Crippen LogP contribution in [0.5, 0.6) is 0 Å². The largest absolute Gasteiger partial charge is 0.488 e. The zero-order chi connectivity index (χ0) is 11.1. The highest BCUT2D eigenvalue weighted by Gasteiger charge is 2.49. The zero-order valence-electron chi connectivity index (χ0n) is 9.38. The van der Waals surface area contributed by atoms with Gasteiger partial charge in [-0.25, -0.2) is 0 Å². The molecule has 0 amide bonds. The SMILES string of the molecule is CC(=O)C1=C(C)OC2(CCCCC2)C1O. The highest BCUT2D eigenvalue weighted by Crippen LogP contribution is 2.44. The second kappa shape index (κ2) is 3.63. The first-order valence-corrected chi connectivity index (χ1v) is 5.66. The van der Waals surface area contributed by atoms with Crippen molar-refractivity contribution in [1.29, 1.82) is 0 Å². The van der Waals surface area contributed by atoms with Crippen molar-refractivity contribution in [3.05, 3.63) is 11.3 Å². The molecular formula is C12H18O3. The van der Waals surface area contributed by atoms with Gasteiger partial charge in [-0.3, -0.25) is 4.79 Å². The molecule has 2 aliphatic rings. The maximum Gasteiger partial charge on any atom is 0.161 e. The van der Waals surface area contributed by atoms with Gasteiger partial charge in [-0.2, -0.15) is 0 Å². The Bertz CT molecular complexity index is 311. The quantitative estimate of drug-likeness (QED) is 0.719. The van der Waals surface area contributed by atoms with E-state index in [1.165, 1.54) is 13.3 Å². The molecule has 1 atom stereocenters. The summed E-state index contributed by atoms with van der Waals surface area (Å²) in [6.45, 7) is 3.27. The summed E-state index contributed by atoms with van der Waals surface area (Å²) in [7, 11) is 0. The summed E-state index contributed by atoms with van der Waals surface area (Å²) in [5.74, 6) is 0.555. The fraction of sp³-hybridized carbons (Fsp3) is 0.750. The van der Waals surface area contributed by atoms with Crippen molar-refractivity contribution in [2.24, 2.45) is 0 Å². The number of Topliss-reactive ketones (excluding diaryl/α,β-unsaturated/α-hetero) is 1. The van der Waals surface area contributed by atoms with Gasteiger partial charge in [0.15, 0.2) is 5.78 Å². The van der Waals surface area contributed by atoms with Gasteiger partial charge < -0.3 is 9.84 Å². The second-order valence-corrected chi connectivity index (χ2v) is 4.66. The Morgan fingerprint density at radius 1 is 1.40 bits per heavy atom. The molecule has 84 valence electrons. The smallest absolute Gasteiger partial charge is 0.161 e. The van der Waals surface area contributed by atoms with E-state index in [0.29, 0.717) is 11.3 Å². The molecule has 15 heavy (non-hydrogen) atoms. The summed E-state index contributed by atoms with van der Waals surface area (Å²) in [5, 5.41) is 10.2. The van der Waals surface area contributed by atoms with Crippen LogP contribution in [0.1, 0.15) is 46.0 Å². The number of allylic oxidation sites excluding steroid dienone is 1. The van der Waals surface area contributed by atoms with Crippen LogP contribution in [0.3, 0.4) is 0 Å². The van der Waals surface area contributed by atoms with Gasteiger partial charge in [-0.05, 0) is 39.5 Å². The molecule has 1 N–H and O–H groups in total. The lowest BCUT2D eigenvalue weighted by atomic mass is 9.79. The predicted molar refractivity (Wildman–Crippen MR) is 56.3 cm³/mol. The molecule has 1 unspecified atom stereocenters. The van der Waals surface area contributed by atoms with Gasteiger partial charge in [-0.1, -0.05) is 6.42 Å². The van der Waals surface area contributed by atoms with Crippen molar-refractivity contribution in [2.75, 3.05) is 0 Å². The van der Waals surface area contributed by atoms with E-state index in [1.54, 1.807) is 6.92 Å². The van der Waals surface area contributed by atoms with Gasteiger partial charge in [-0.15, -0.1) is 0 Å². The number of aliphatic hydroxyl groups excluding tert-OH is 1. The molecule has 1 spiro atoms. The third-order valence-corrected chi connectivity index (χ3v) is 3.59. The topological polar surface area (TPSA) is 46.5 Å². The maximum atomic E-state index is 11.4. The van der Waals surface area contributed by atoms with Crippen molar-refractivity contribution >= 4 is 5.78 Å². The van der Waals surface area contributed by atoms with Crippen LogP contribution >= 0.6 is 0 Å². The van der Waals surface area contributed by atoms with E-state index in [-0.39, 0.29) is 5.78 Å². The van der Waals surface area contributed by atoms with Gasteiger partial charge in [0, 0.05) is 0 Å². The van der Waals surface area contributed by atoms with E-state index < -0.39 is 11.7 Å². The molecule has 1 saturated carbocycles. The van der Waals surface area contributed by atoms with Crippen LogP contribution in [0.25, 0.3) is 0 Å². The average molecular weight is 210 g/mol. The first kappa shape index (κ1) is 10.7. The second-order valence-electron chi connectivity index (χ2n) is 4.66. The first-order chi connectivity index (χ1) is 7.07. The Kier molecular flexibility index (Phi) is 2.59. The normalized spacial score (nSPS) is 29.4. The molecule has 0 aromatic rings. The van der Waals surface area contributed by atoms with Crippen molar-refractivity contribution in [1.82, 2.24) is 0 Å². The molecule has 3 heteroatoms. The third kappa shape index (κ3) is 1.59. The first-order valence-electron chi connectivity index (χ1n) is 5.66. The van der Waals surface area contributed by atoms with Crippen molar-refractivity contribution in [3.8, 4) is 0 Å². The summed E-state index contributed by atoms with van der Waals surface area (Å²) in [6.07, 6.45) is 4.37. The summed E-state index contributed by atoms with van der Waals surface area (Å²) < 4.78 is 5.78. The average Bonchev–Trinajstić information content (AvgIpc) is 2.40. The molecular weight excluding hydrogens is 192 g/mol. The van der Waals surface area contributed by atoms with Crippen LogP contribution in [0.2, 0.25) is 0 Å². The minimum atomic E-state index is -0.713. The molecule has 1 aliphatic carbocycles.